The summed E-state index contributed by atoms with van der Waals surface area (Å²) in [7, 11) is 5.50. The van der Waals surface area contributed by atoms with Crippen LogP contribution in [0.25, 0.3) is 0 Å². The molecule has 0 bridgehead atoms. The van der Waals surface area contributed by atoms with Crippen molar-refractivity contribution in [3.63, 3.8) is 0 Å². The van der Waals surface area contributed by atoms with Crippen LogP contribution in [0.5, 0.6) is 0 Å². The second-order valence-electron chi connectivity index (χ2n) is 5.60. The number of esters is 1. The highest BCUT2D eigenvalue weighted by Crippen LogP contribution is 2.35. The molecule has 0 radical (unpaired) electrons. The molecule has 1 saturated heterocycles. The van der Waals surface area contributed by atoms with Crippen LogP contribution in [0.15, 0.2) is 12.1 Å². The average molecular weight is 312 g/mol. The number of methoxy groups -OCH3 is 1. The topological polar surface area (TPSA) is 58.8 Å². The molecule has 1 heterocycles. The summed E-state index contributed by atoms with van der Waals surface area (Å²) in [6.07, 6.45) is 2.20. The first kappa shape index (κ1) is 15.9. The number of carbonyl (C=O) groups is 1. The average Bonchev–Trinajstić information content (AvgIpc) is 2.45. The lowest BCUT2D eigenvalue weighted by atomic mass is 10.0. The number of carbonyl (C=O) groups excluding carboxylic acids is 1. The van der Waals surface area contributed by atoms with E-state index in [1.54, 1.807) is 12.1 Å². The number of halogens is 1. The molecule has 1 aromatic carbocycles. The molecule has 0 saturated carbocycles. The molecule has 2 rings (SSSR count). The third kappa shape index (κ3) is 3.41. The van der Waals surface area contributed by atoms with Gasteiger partial charge in [-0.15, -0.1) is 0 Å². The smallest absolute Gasteiger partial charge is 0.340 e. The van der Waals surface area contributed by atoms with Crippen LogP contribution in [0.1, 0.15) is 23.2 Å². The van der Waals surface area contributed by atoms with Crippen LogP contribution in [-0.4, -0.2) is 51.2 Å². The van der Waals surface area contributed by atoms with E-state index in [2.05, 4.69) is 23.9 Å². The molecule has 1 atom stereocenters. The van der Waals surface area contributed by atoms with Crippen molar-refractivity contribution < 1.29 is 9.53 Å². The van der Waals surface area contributed by atoms with E-state index in [4.69, 9.17) is 22.1 Å². The Balaban J connectivity index is 2.40. The highest BCUT2D eigenvalue weighted by atomic mass is 35.5. The van der Waals surface area contributed by atoms with E-state index in [1.165, 1.54) is 7.11 Å². The monoisotopic (exact) mass is 311 g/mol. The zero-order valence-electron chi connectivity index (χ0n) is 12.7. The molecule has 1 unspecified atom stereocenters. The maximum absolute atomic E-state index is 12.0. The van der Waals surface area contributed by atoms with Crippen LogP contribution in [-0.2, 0) is 4.74 Å². The lowest BCUT2D eigenvalue weighted by Crippen LogP contribution is -2.45. The molecular weight excluding hydrogens is 290 g/mol. The van der Waals surface area contributed by atoms with Gasteiger partial charge in [0.15, 0.2) is 0 Å². The first-order valence-electron chi connectivity index (χ1n) is 7.02. The van der Waals surface area contributed by atoms with Crippen molar-refractivity contribution in [2.45, 2.75) is 18.9 Å². The molecule has 5 nitrogen and oxygen atoms in total. The molecule has 0 spiro atoms. The van der Waals surface area contributed by atoms with Gasteiger partial charge in [0.1, 0.15) is 0 Å². The summed E-state index contributed by atoms with van der Waals surface area (Å²) in [5.74, 6) is -0.411. The van der Waals surface area contributed by atoms with Crippen molar-refractivity contribution in [2.24, 2.45) is 0 Å². The lowest BCUT2D eigenvalue weighted by Gasteiger charge is -2.38. The molecule has 21 heavy (non-hydrogen) atoms. The number of likely N-dealkylation sites (N-methyl/N-ethyl adjacent to an activating group) is 1. The predicted molar refractivity (Wildman–Crippen MR) is 86.1 cm³/mol. The second-order valence-corrected chi connectivity index (χ2v) is 6.00. The van der Waals surface area contributed by atoms with Gasteiger partial charge in [-0.05, 0) is 39.1 Å². The number of nitrogen functional groups attached to an aromatic ring is 1. The van der Waals surface area contributed by atoms with Gasteiger partial charge in [0.25, 0.3) is 0 Å². The van der Waals surface area contributed by atoms with E-state index < -0.39 is 5.97 Å². The molecule has 1 aliphatic heterocycles. The molecule has 0 aliphatic carbocycles. The minimum absolute atomic E-state index is 0.411. The minimum Gasteiger partial charge on any atom is -0.465 e. The van der Waals surface area contributed by atoms with E-state index in [9.17, 15) is 4.79 Å². The van der Waals surface area contributed by atoms with Gasteiger partial charge >= 0.3 is 5.97 Å². The summed E-state index contributed by atoms with van der Waals surface area (Å²) in [4.78, 5) is 16.4. The molecule has 0 amide bonds. The fourth-order valence-corrected chi connectivity index (χ4v) is 3.13. The molecule has 1 aromatic rings. The van der Waals surface area contributed by atoms with Crippen molar-refractivity contribution >= 4 is 28.9 Å². The van der Waals surface area contributed by atoms with E-state index >= 15 is 0 Å². The summed E-state index contributed by atoms with van der Waals surface area (Å²) in [5, 5.41) is 0.495. The Hall–Kier alpha value is -1.46. The van der Waals surface area contributed by atoms with Crippen LogP contribution in [0.4, 0.5) is 11.4 Å². The minimum atomic E-state index is -0.411. The second kappa shape index (κ2) is 6.54. The number of ether oxygens (including phenoxy) is 1. The van der Waals surface area contributed by atoms with Crippen LogP contribution < -0.4 is 10.6 Å². The molecule has 0 aromatic heterocycles. The summed E-state index contributed by atoms with van der Waals surface area (Å²) >= 11 is 6.35. The fraction of sp³-hybridized carbons (Fsp3) is 0.533. The fourth-order valence-electron chi connectivity index (χ4n) is 2.79. The summed E-state index contributed by atoms with van der Waals surface area (Å²) in [5.41, 5.74) is 7.43. The Morgan fingerprint density at radius 3 is 2.81 bits per heavy atom. The Kier molecular flexibility index (Phi) is 4.96. The van der Waals surface area contributed by atoms with Gasteiger partial charge < -0.3 is 20.3 Å². The van der Waals surface area contributed by atoms with Gasteiger partial charge in [0, 0.05) is 24.8 Å². The van der Waals surface area contributed by atoms with Crippen LogP contribution in [0, 0.1) is 0 Å². The van der Waals surface area contributed by atoms with E-state index in [1.807, 2.05) is 0 Å². The van der Waals surface area contributed by atoms with Crippen LogP contribution in [0.3, 0.4) is 0 Å². The number of benzene rings is 1. The molecular formula is C15H22ClN3O2. The SMILES string of the molecule is COC(=O)c1cc(N)cc(Cl)c1N1CCCC(N(C)C)C1. The van der Waals surface area contributed by atoms with Gasteiger partial charge in [-0.2, -0.15) is 0 Å². The van der Waals surface area contributed by atoms with Gasteiger partial charge in [-0.1, -0.05) is 11.6 Å². The first-order valence-corrected chi connectivity index (χ1v) is 7.40. The molecule has 1 aliphatic rings. The number of nitrogens with two attached hydrogens (primary N) is 1. The van der Waals surface area contributed by atoms with Gasteiger partial charge in [0.2, 0.25) is 0 Å². The summed E-state index contributed by atoms with van der Waals surface area (Å²) < 4.78 is 4.86. The number of nitrogens with zero attached hydrogens (tertiary/aromatic N) is 2. The number of piperidine rings is 1. The standard InChI is InChI=1S/C15H22ClN3O2/c1-18(2)11-5-4-6-19(9-11)14-12(15(20)21-3)7-10(17)8-13(14)16/h7-8,11H,4-6,9,17H2,1-3H3. The number of anilines is 2. The lowest BCUT2D eigenvalue weighted by molar-refractivity contribution is 0.0601. The van der Waals surface area contributed by atoms with E-state index in [-0.39, 0.29) is 0 Å². The Morgan fingerprint density at radius 1 is 1.48 bits per heavy atom. The summed E-state index contributed by atoms with van der Waals surface area (Å²) in [6.45, 7) is 1.71. The van der Waals surface area contributed by atoms with Crippen molar-refractivity contribution in [3.8, 4) is 0 Å². The summed E-state index contributed by atoms with van der Waals surface area (Å²) in [6, 6.07) is 3.76. The maximum Gasteiger partial charge on any atom is 0.340 e. The number of rotatable bonds is 3. The maximum atomic E-state index is 12.0. The number of hydrogen-bond acceptors (Lipinski definition) is 5. The van der Waals surface area contributed by atoms with Crippen molar-refractivity contribution in [3.05, 3.63) is 22.7 Å². The van der Waals surface area contributed by atoms with Crippen molar-refractivity contribution in [1.29, 1.82) is 0 Å². The van der Waals surface area contributed by atoms with E-state index in [0.717, 1.165) is 31.6 Å². The third-order valence-electron chi connectivity index (χ3n) is 3.93. The molecule has 116 valence electrons. The zero-order valence-corrected chi connectivity index (χ0v) is 13.5. The van der Waals surface area contributed by atoms with E-state index in [0.29, 0.717) is 22.3 Å². The van der Waals surface area contributed by atoms with Gasteiger partial charge in [-0.3, -0.25) is 0 Å². The van der Waals surface area contributed by atoms with Crippen molar-refractivity contribution in [1.82, 2.24) is 4.90 Å². The molecule has 6 heteroatoms. The Morgan fingerprint density at radius 2 is 2.19 bits per heavy atom. The van der Waals surface area contributed by atoms with Crippen LogP contribution >= 0.6 is 11.6 Å². The number of hydrogen-bond donors (Lipinski definition) is 1. The molecule has 2 N–H and O–H groups in total. The highest BCUT2D eigenvalue weighted by molar-refractivity contribution is 6.34. The Bertz CT molecular complexity index is 534. The zero-order chi connectivity index (χ0) is 15.6. The largest absolute Gasteiger partial charge is 0.465 e. The van der Waals surface area contributed by atoms with Crippen LogP contribution in [0.2, 0.25) is 5.02 Å². The highest BCUT2D eigenvalue weighted by Gasteiger charge is 2.27. The Labute approximate surface area is 130 Å². The van der Waals surface area contributed by atoms with Gasteiger partial charge in [-0.25, -0.2) is 4.79 Å². The first-order chi connectivity index (χ1) is 9.93. The normalized spacial score (nSPS) is 18.9. The molecule has 1 fully saturated rings. The predicted octanol–water partition coefficient (Wildman–Crippen LogP) is 2.24. The van der Waals surface area contributed by atoms with Crippen molar-refractivity contribution in [2.75, 3.05) is 44.9 Å². The van der Waals surface area contributed by atoms with Gasteiger partial charge in [0.05, 0.1) is 23.4 Å². The quantitative estimate of drug-likeness (QED) is 0.685. The third-order valence-corrected chi connectivity index (χ3v) is 4.22.